The van der Waals surface area contributed by atoms with E-state index in [0.29, 0.717) is 23.5 Å². The topological polar surface area (TPSA) is 58.1 Å². The number of anilines is 1. The van der Waals surface area contributed by atoms with E-state index in [1.165, 1.54) is 44.9 Å². The van der Waals surface area contributed by atoms with Crippen molar-refractivity contribution in [2.75, 3.05) is 18.4 Å². The molecule has 0 spiro atoms. The number of hydrogen-bond donors (Lipinski definition) is 1. The van der Waals surface area contributed by atoms with Crippen molar-refractivity contribution in [3.63, 3.8) is 0 Å². The van der Waals surface area contributed by atoms with Crippen LogP contribution < -0.4 is 5.32 Å². The number of rotatable bonds is 3. The summed E-state index contributed by atoms with van der Waals surface area (Å²) in [7, 11) is 0. The molecule has 0 radical (unpaired) electrons. The maximum absolute atomic E-state index is 12.5. The van der Waals surface area contributed by atoms with E-state index in [4.69, 9.17) is 0 Å². The van der Waals surface area contributed by atoms with E-state index in [9.17, 15) is 4.79 Å². The molecule has 1 aliphatic carbocycles. The van der Waals surface area contributed by atoms with Crippen LogP contribution in [0.2, 0.25) is 0 Å². The third-order valence-electron chi connectivity index (χ3n) is 5.03. The Balaban J connectivity index is 1.58. The van der Waals surface area contributed by atoms with Gasteiger partial charge in [-0.1, -0.05) is 32.6 Å². The van der Waals surface area contributed by atoms with Gasteiger partial charge in [0.05, 0.1) is 5.56 Å². The molecule has 0 aromatic carbocycles. The lowest BCUT2D eigenvalue weighted by Crippen LogP contribution is -2.39. The lowest BCUT2D eigenvalue weighted by molar-refractivity contribution is 0.0682. The molecule has 1 saturated carbocycles. The van der Waals surface area contributed by atoms with E-state index >= 15 is 0 Å². The van der Waals surface area contributed by atoms with Crippen molar-refractivity contribution in [2.24, 2.45) is 5.92 Å². The third kappa shape index (κ3) is 4.43. The van der Waals surface area contributed by atoms with Crippen LogP contribution in [0.15, 0.2) is 12.4 Å². The highest BCUT2D eigenvalue weighted by atomic mass is 16.2. The Labute approximate surface area is 138 Å². The quantitative estimate of drug-likeness (QED) is 0.867. The second kappa shape index (κ2) is 7.75. The Bertz CT molecular complexity index is 508. The van der Waals surface area contributed by atoms with Crippen LogP contribution in [-0.4, -0.2) is 39.9 Å². The predicted octanol–water partition coefficient (Wildman–Crippen LogP) is 3.48. The minimum Gasteiger partial charge on any atom is -0.351 e. The first-order chi connectivity index (χ1) is 11.2. The maximum Gasteiger partial charge on any atom is 0.257 e. The van der Waals surface area contributed by atoms with E-state index in [1.54, 1.807) is 12.4 Å². The van der Waals surface area contributed by atoms with Crippen LogP contribution in [0.3, 0.4) is 0 Å². The summed E-state index contributed by atoms with van der Waals surface area (Å²) in [4.78, 5) is 23.2. The molecule has 1 atom stereocenters. The number of nitrogens with one attached hydrogen (secondary N) is 1. The van der Waals surface area contributed by atoms with E-state index in [-0.39, 0.29) is 5.91 Å². The van der Waals surface area contributed by atoms with E-state index < -0.39 is 0 Å². The fourth-order valence-corrected chi connectivity index (χ4v) is 3.68. The average Bonchev–Trinajstić information content (AvgIpc) is 2.84. The maximum atomic E-state index is 12.5. The van der Waals surface area contributed by atoms with Crippen molar-refractivity contribution in [1.29, 1.82) is 0 Å². The van der Waals surface area contributed by atoms with Crippen LogP contribution in [0.4, 0.5) is 5.95 Å². The first kappa shape index (κ1) is 16.2. The van der Waals surface area contributed by atoms with Gasteiger partial charge < -0.3 is 10.2 Å². The standard InChI is InChI=1S/C18H28N4O/c1-14-7-6-10-22(13-14)17(23)15-11-19-18(20-12-15)21-16-8-4-2-3-5-9-16/h11-12,14,16H,2-10,13H2,1H3,(H,19,20,21). The SMILES string of the molecule is CC1CCCN(C(=O)c2cnc(NC3CCCCCC3)nc2)C1. The average molecular weight is 316 g/mol. The number of amides is 1. The van der Waals surface area contributed by atoms with Gasteiger partial charge in [0, 0.05) is 31.5 Å². The number of hydrogen-bond acceptors (Lipinski definition) is 4. The molecule has 2 heterocycles. The molecule has 1 unspecified atom stereocenters. The van der Waals surface area contributed by atoms with E-state index in [0.717, 1.165) is 19.5 Å². The lowest BCUT2D eigenvalue weighted by Gasteiger charge is -2.30. The van der Waals surface area contributed by atoms with Crippen molar-refractivity contribution in [2.45, 2.75) is 64.3 Å². The number of aromatic nitrogens is 2. The first-order valence-electron chi connectivity index (χ1n) is 9.10. The second-order valence-electron chi connectivity index (χ2n) is 7.13. The zero-order valence-electron chi connectivity index (χ0n) is 14.1. The van der Waals surface area contributed by atoms with Crippen molar-refractivity contribution in [3.8, 4) is 0 Å². The van der Waals surface area contributed by atoms with Crippen LogP contribution in [-0.2, 0) is 0 Å². The molecular weight excluding hydrogens is 288 g/mol. The highest BCUT2D eigenvalue weighted by molar-refractivity contribution is 5.93. The molecule has 5 nitrogen and oxygen atoms in total. The molecule has 2 fully saturated rings. The van der Waals surface area contributed by atoms with E-state index in [2.05, 4.69) is 22.2 Å². The Morgan fingerprint density at radius 3 is 2.43 bits per heavy atom. The first-order valence-corrected chi connectivity index (χ1v) is 9.10. The molecule has 3 rings (SSSR count). The summed E-state index contributed by atoms with van der Waals surface area (Å²) >= 11 is 0. The smallest absolute Gasteiger partial charge is 0.257 e. The molecular formula is C18H28N4O. The molecule has 0 bridgehead atoms. The van der Waals surface area contributed by atoms with Gasteiger partial charge in [-0.2, -0.15) is 0 Å². The number of carbonyl (C=O) groups is 1. The van der Waals surface area contributed by atoms with Gasteiger partial charge in [0.25, 0.3) is 5.91 Å². The summed E-state index contributed by atoms with van der Waals surface area (Å²) in [5.74, 6) is 1.31. The highest BCUT2D eigenvalue weighted by Gasteiger charge is 2.22. The normalized spacial score (nSPS) is 23.3. The largest absolute Gasteiger partial charge is 0.351 e. The predicted molar refractivity (Wildman–Crippen MR) is 91.4 cm³/mol. The van der Waals surface area contributed by atoms with Gasteiger partial charge in [0.15, 0.2) is 0 Å². The molecule has 1 aromatic rings. The summed E-state index contributed by atoms with van der Waals surface area (Å²) in [6.45, 7) is 3.90. The van der Waals surface area contributed by atoms with Gasteiger partial charge in [-0.3, -0.25) is 4.79 Å². The van der Waals surface area contributed by atoms with Gasteiger partial charge in [0.1, 0.15) is 0 Å². The number of likely N-dealkylation sites (tertiary alicyclic amines) is 1. The third-order valence-corrected chi connectivity index (χ3v) is 5.03. The zero-order valence-corrected chi connectivity index (χ0v) is 14.1. The molecule has 2 aliphatic rings. The molecule has 23 heavy (non-hydrogen) atoms. The Kier molecular flexibility index (Phi) is 5.47. The lowest BCUT2D eigenvalue weighted by atomic mass is 10.00. The van der Waals surface area contributed by atoms with Crippen LogP contribution >= 0.6 is 0 Å². The van der Waals surface area contributed by atoms with Crippen LogP contribution in [0, 0.1) is 5.92 Å². The Hall–Kier alpha value is -1.65. The van der Waals surface area contributed by atoms with Crippen LogP contribution in [0.5, 0.6) is 0 Å². The number of piperidine rings is 1. The van der Waals surface area contributed by atoms with Crippen LogP contribution in [0.1, 0.15) is 68.6 Å². The summed E-state index contributed by atoms with van der Waals surface area (Å²) in [6.07, 6.45) is 13.3. The van der Waals surface area contributed by atoms with Crippen molar-refractivity contribution < 1.29 is 4.79 Å². The van der Waals surface area contributed by atoms with Crippen molar-refractivity contribution >= 4 is 11.9 Å². The molecule has 1 aromatic heterocycles. The minimum atomic E-state index is 0.0672. The van der Waals surface area contributed by atoms with E-state index in [1.807, 2.05) is 4.90 Å². The Morgan fingerprint density at radius 2 is 1.78 bits per heavy atom. The molecule has 126 valence electrons. The molecule has 1 N–H and O–H groups in total. The second-order valence-corrected chi connectivity index (χ2v) is 7.13. The minimum absolute atomic E-state index is 0.0672. The van der Waals surface area contributed by atoms with Gasteiger partial charge in [-0.05, 0) is 31.6 Å². The summed E-state index contributed by atoms with van der Waals surface area (Å²) < 4.78 is 0. The summed E-state index contributed by atoms with van der Waals surface area (Å²) in [5.41, 5.74) is 0.602. The highest BCUT2D eigenvalue weighted by Crippen LogP contribution is 2.20. The van der Waals surface area contributed by atoms with Gasteiger partial charge in [-0.15, -0.1) is 0 Å². The number of carbonyl (C=O) groups excluding carboxylic acids is 1. The number of nitrogens with zero attached hydrogens (tertiary/aromatic N) is 3. The van der Waals surface area contributed by atoms with Gasteiger partial charge in [-0.25, -0.2) is 9.97 Å². The van der Waals surface area contributed by atoms with Gasteiger partial charge >= 0.3 is 0 Å². The Morgan fingerprint density at radius 1 is 1.09 bits per heavy atom. The fourth-order valence-electron chi connectivity index (χ4n) is 3.68. The summed E-state index contributed by atoms with van der Waals surface area (Å²) in [6, 6.07) is 0.474. The van der Waals surface area contributed by atoms with Crippen molar-refractivity contribution in [1.82, 2.24) is 14.9 Å². The zero-order chi connectivity index (χ0) is 16.1. The van der Waals surface area contributed by atoms with Crippen molar-refractivity contribution in [3.05, 3.63) is 18.0 Å². The molecule has 1 saturated heterocycles. The molecule has 1 aliphatic heterocycles. The molecule has 5 heteroatoms. The summed E-state index contributed by atoms with van der Waals surface area (Å²) in [5, 5.41) is 3.43. The fraction of sp³-hybridized carbons (Fsp3) is 0.722. The molecule has 1 amide bonds. The van der Waals surface area contributed by atoms with Gasteiger partial charge in [0.2, 0.25) is 5.95 Å². The van der Waals surface area contributed by atoms with Crippen LogP contribution in [0.25, 0.3) is 0 Å². The monoisotopic (exact) mass is 316 g/mol.